The second-order valence-electron chi connectivity index (χ2n) is 4.52. The van der Waals surface area contributed by atoms with E-state index in [1.807, 2.05) is 4.90 Å². The number of aromatic amines is 1. The lowest BCUT2D eigenvalue weighted by atomic mass is 10.0. The molecule has 0 bridgehead atoms. The summed E-state index contributed by atoms with van der Waals surface area (Å²) in [6.45, 7) is 1.11. The van der Waals surface area contributed by atoms with Gasteiger partial charge in [-0.3, -0.25) is 0 Å². The summed E-state index contributed by atoms with van der Waals surface area (Å²) >= 11 is 9.32. The van der Waals surface area contributed by atoms with E-state index < -0.39 is 5.60 Å². The molecule has 3 heterocycles. The highest BCUT2D eigenvalue weighted by atomic mass is 79.9. The number of aliphatic hydroxyl groups is 1. The molecule has 2 aromatic rings. The second-order valence-corrected chi connectivity index (χ2v) is 5.81. The number of β-amino-alcohol motifs (C(OH)–C–C–N with tert-alkyl or cyclic N) is 1. The maximum Gasteiger partial charge on any atom is 0.143 e. The fraction of sp³-hybridized carbons (Fsp3) is 0.364. The van der Waals surface area contributed by atoms with E-state index in [4.69, 9.17) is 11.6 Å². The van der Waals surface area contributed by atoms with Crippen molar-refractivity contribution in [3.63, 3.8) is 0 Å². The van der Waals surface area contributed by atoms with E-state index in [2.05, 4.69) is 36.3 Å². The quantitative estimate of drug-likeness (QED) is 0.867. The van der Waals surface area contributed by atoms with Crippen LogP contribution in [0.5, 0.6) is 0 Å². The van der Waals surface area contributed by atoms with E-state index in [9.17, 15) is 5.11 Å². The Bertz CT molecular complexity index is 593. The highest BCUT2D eigenvalue weighted by Gasteiger charge is 2.40. The van der Waals surface area contributed by atoms with Gasteiger partial charge in [-0.05, 0) is 22.0 Å². The van der Waals surface area contributed by atoms with Crippen molar-refractivity contribution in [1.82, 2.24) is 20.4 Å². The zero-order valence-corrected chi connectivity index (χ0v) is 12.2. The van der Waals surface area contributed by atoms with E-state index in [1.54, 1.807) is 18.5 Å². The van der Waals surface area contributed by atoms with Crippen LogP contribution < -0.4 is 4.90 Å². The van der Waals surface area contributed by atoms with Gasteiger partial charge in [0.05, 0.1) is 22.2 Å². The van der Waals surface area contributed by atoms with E-state index in [0.717, 1.165) is 10.3 Å². The highest BCUT2D eigenvalue weighted by molar-refractivity contribution is 9.10. The number of pyridine rings is 1. The minimum absolute atomic E-state index is 0.423. The summed E-state index contributed by atoms with van der Waals surface area (Å²) in [6.07, 6.45) is 3.72. The van der Waals surface area contributed by atoms with E-state index in [-0.39, 0.29) is 0 Å². The fourth-order valence-electron chi connectivity index (χ4n) is 2.25. The number of halogens is 2. The summed E-state index contributed by atoms with van der Waals surface area (Å²) in [5.41, 5.74) is -0.437. The zero-order valence-electron chi connectivity index (χ0n) is 9.85. The van der Waals surface area contributed by atoms with Crippen LogP contribution in [0.1, 0.15) is 12.1 Å². The Morgan fingerprint density at radius 2 is 2.32 bits per heavy atom. The summed E-state index contributed by atoms with van der Waals surface area (Å²) in [5.74, 6) is 0.767. The summed E-state index contributed by atoms with van der Waals surface area (Å²) < 4.78 is 0.810. The minimum atomic E-state index is -0.992. The average Bonchev–Trinajstić information content (AvgIpc) is 2.99. The number of hydrogen-bond acceptors (Lipinski definition) is 5. The van der Waals surface area contributed by atoms with Crippen LogP contribution in [-0.2, 0) is 5.60 Å². The van der Waals surface area contributed by atoms with Crippen LogP contribution in [0.3, 0.4) is 0 Å². The minimum Gasteiger partial charge on any atom is -0.381 e. The Balaban J connectivity index is 1.86. The monoisotopic (exact) mass is 343 g/mol. The lowest BCUT2D eigenvalue weighted by molar-refractivity contribution is 0.0559. The molecule has 2 aromatic heterocycles. The molecule has 100 valence electrons. The van der Waals surface area contributed by atoms with Gasteiger partial charge in [0.2, 0.25) is 0 Å². The third kappa shape index (κ3) is 2.33. The molecule has 19 heavy (non-hydrogen) atoms. The Hall–Kier alpha value is -1.18. The first-order valence-electron chi connectivity index (χ1n) is 5.73. The number of rotatable bonds is 2. The lowest BCUT2D eigenvalue weighted by Crippen LogP contribution is -2.31. The number of nitrogens with one attached hydrogen (secondary N) is 1. The van der Waals surface area contributed by atoms with Gasteiger partial charge >= 0.3 is 0 Å². The normalized spacial score (nSPS) is 23.0. The van der Waals surface area contributed by atoms with Crippen molar-refractivity contribution in [1.29, 1.82) is 0 Å². The van der Waals surface area contributed by atoms with Crippen molar-refractivity contribution in [2.45, 2.75) is 12.0 Å². The Kier molecular flexibility index (Phi) is 3.20. The third-order valence-electron chi connectivity index (χ3n) is 3.23. The molecule has 1 aliphatic rings. The zero-order chi connectivity index (χ0) is 13.5. The van der Waals surface area contributed by atoms with Crippen LogP contribution in [0.4, 0.5) is 5.82 Å². The molecule has 2 N–H and O–H groups in total. The van der Waals surface area contributed by atoms with Crippen molar-refractivity contribution in [3.05, 3.63) is 33.6 Å². The van der Waals surface area contributed by atoms with E-state index >= 15 is 0 Å². The molecule has 6 nitrogen and oxygen atoms in total. The maximum atomic E-state index is 10.6. The average molecular weight is 345 g/mol. The van der Waals surface area contributed by atoms with E-state index in [0.29, 0.717) is 30.2 Å². The van der Waals surface area contributed by atoms with Gasteiger partial charge in [-0.2, -0.15) is 15.4 Å². The third-order valence-corrected chi connectivity index (χ3v) is 4.02. The van der Waals surface area contributed by atoms with Gasteiger partial charge < -0.3 is 10.0 Å². The summed E-state index contributed by atoms with van der Waals surface area (Å²) in [7, 11) is 0. The van der Waals surface area contributed by atoms with Gasteiger partial charge in [-0.1, -0.05) is 11.6 Å². The SMILES string of the molecule is O[C@@]1(c2cn[nH]n2)CCN(c2ncc(Cl)cc2Br)C1. The molecule has 0 radical (unpaired) electrons. The summed E-state index contributed by atoms with van der Waals surface area (Å²) in [4.78, 5) is 6.29. The van der Waals surface area contributed by atoms with Crippen LogP contribution >= 0.6 is 27.5 Å². The lowest BCUT2D eigenvalue weighted by Gasteiger charge is -2.22. The van der Waals surface area contributed by atoms with Crippen molar-refractivity contribution in [3.8, 4) is 0 Å². The fourth-order valence-corrected chi connectivity index (χ4v) is 3.14. The molecule has 3 rings (SSSR count). The molecule has 1 saturated heterocycles. The topological polar surface area (TPSA) is 77.9 Å². The molecule has 8 heteroatoms. The number of H-pyrrole nitrogens is 1. The Morgan fingerprint density at radius 3 is 3.00 bits per heavy atom. The molecule has 1 fully saturated rings. The molecule has 0 saturated carbocycles. The second kappa shape index (κ2) is 4.73. The van der Waals surface area contributed by atoms with Crippen molar-refractivity contribution in [2.75, 3.05) is 18.0 Å². The molecule has 1 aliphatic heterocycles. The van der Waals surface area contributed by atoms with Crippen LogP contribution in [0, 0.1) is 0 Å². The molecule has 1 atom stereocenters. The smallest absolute Gasteiger partial charge is 0.143 e. The molecule has 0 aliphatic carbocycles. The van der Waals surface area contributed by atoms with Crippen LogP contribution in [0.2, 0.25) is 5.02 Å². The van der Waals surface area contributed by atoms with Crippen LogP contribution in [0.25, 0.3) is 0 Å². The molecule has 0 amide bonds. The van der Waals surface area contributed by atoms with Gasteiger partial charge in [0.15, 0.2) is 0 Å². The predicted octanol–water partition coefficient (Wildman–Crippen LogP) is 1.71. The maximum absolute atomic E-state index is 10.6. The van der Waals surface area contributed by atoms with Crippen molar-refractivity contribution in [2.24, 2.45) is 0 Å². The molecular formula is C11H11BrClN5O. The first-order valence-corrected chi connectivity index (χ1v) is 6.90. The molecule has 0 aromatic carbocycles. The van der Waals surface area contributed by atoms with Gasteiger partial charge in [0.1, 0.15) is 17.1 Å². The first kappa shape index (κ1) is 12.8. The van der Waals surface area contributed by atoms with Crippen LogP contribution in [0.15, 0.2) is 22.9 Å². The summed E-state index contributed by atoms with van der Waals surface area (Å²) in [6, 6.07) is 1.79. The highest BCUT2D eigenvalue weighted by Crippen LogP contribution is 2.35. The first-order chi connectivity index (χ1) is 9.08. The number of aromatic nitrogens is 4. The van der Waals surface area contributed by atoms with Crippen molar-refractivity contribution < 1.29 is 5.11 Å². The Labute approximate surface area is 122 Å². The van der Waals surface area contributed by atoms with Crippen LogP contribution in [-0.4, -0.2) is 38.6 Å². The predicted molar refractivity (Wildman–Crippen MR) is 74.1 cm³/mol. The molecular weight excluding hydrogens is 334 g/mol. The summed E-state index contributed by atoms with van der Waals surface area (Å²) in [5, 5.41) is 21.4. The van der Waals surface area contributed by atoms with E-state index in [1.165, 1.54) is 0 Å². The molecule has 0 unspecified atom stereocenters. The largest absolute Gasteiger partial charge is 0.381 e. The van der Waals surface area contributed by atoms with Gasteiger partial charge in [-0.15, -0.1) is 0 Å². The van der Waals surface area contributed by atoms with Crippen molar-refractivity contribution >= 4 is 33.3 Å². The van der Waals surface area contributed by atoms with Gasteiger partial charge in [0, 0.05) is 19.2 Å². The molecule has 0 spiro atoms. The number of anilines is 1. The van der Waals surface area contributed by atoms with Gasteiger partial charge in [0.25, 0.3) is 0 Å². The number of hydrogen-bond donors (Lipinski definition) is 2. The number of nitrogens with zero attached hydrogens (tertiary/aromatic N) is 4. The Morgan fingerprint density at radius 1 is 1.47 bits per heavy atom. The standard InChI is InChI=1S/C11H11BrClN5O/c12-8-3-7(13)4-14-10(8)18-2-1-11(19,6-18)9-5-15-17-16-9/h3-5,19H,1-2,6H2,(H,15,16,17)/t11-/m0/s1. The van der Waals surface area contributed by atoms with Gasteiger partial charge in [-0.25, -0.2) is 4.98 Å².